The SMILES string of the molecule is C[N-]C.[CH2-]CCCCCCCCC.[Ru+2]. The first-order chi connectivity index (χ1) is 6.33. The molecule has 0 aliphatic carbocycles. The van der Waals surface area contributed by atoms with Crippen LogP contribution in [0.2, 0.25) is 0 Å². The van der Waals surface area contributed by atoms with Crippen LogP contribution in [0.1, 0.15) is 58.3 Å². The molecule has 0 heterocycles. The van der Waals surface area contributed by atoms with Crippen LogP contribution in [-0.2, 0) is 19.5 Å². The fraction of sp³-hybridized carbons (Fsp3) is 0.917. The van der Waals surface area contributed by atoms with E-state index >= 15 is 0 Å². The van der Waals surface area contributed by atoms with Crippen molar-refractivity contribution in [2.75, 3.05) is 14.1 Å². The quantitative estimate of drug-likeness (QED) is 0.369. The molecule has 1 nitrogen and oxygen atoms in total. The molecule has 0 rings (SSSR count). The molecule has 0 aliphatic rings. The third kappa shape index (κ3) is 29.4. The Morgan fingerprint density at radius 1 is 0.857 bits per heavy atom. The first-order valence-corrected chi connectivity index (χ1v) is 5.60. The van der Waals surface area contributed by atoms with E-state index < -0.39 is 0 Å². The van der Waals surface area contributed by atoms with Crippen LogP contribution in [0, 0.1) is 6.92 Å². The molecule has 0 atom stereocenters. The number of nitrogens with zero attached hydrogens (tertiary/aromatic N) is 1. The van der Waals surface area contributed by atoms with Gasteiger partial charge >= 0.3 is 19.5 Å². The Morgan fingerprint density at radius 2 is 1.21 bits per heavy atom. The Labute approximate surface area is 104 Å². The summed E-state index contributed by atoms with van der Waals surface area (Å²) in [4.78, 5) is 0. The Hall–Kier alpha value is 0.583. The molecule has 0 spiro atoms. The number of hydrogen-bond acceptors (Lipinski definition) is 0. The average molecular weight is 286 g/mol. The first-order valence-electron chi connectivity index (χ1n) is 5.60. The third-order valence-electron chi connectivity index (χ3n) is 1.85. The van der Waals surface area contributed by atoms with Gasteiger partial charge in [-0.1, -0.05) is 51.9 Å². The van der Waals surface area contributed by atoms with Gasteiger partial charge in [0.05, 0.1) is 0 Å². The fourth-order valence-electron chi connectivity index (χ4n) is 1.13. The first kappa shape index (κ1) is 20.1. The minimum Gasteiger partial charge on any atom is -0.668 e. The summed E-state index contributed by atoms with van der Waals surface area (Å²) in [7, 11) is 3.50. The maximum atomic E-state index is 3.82. The zero-order valence-electron chi connectivity index (χ0n) is 10.2. The molecule has 0 aromatic heterocycles. The molecule has 0 aromatic carbocycles. The minimum atomic E-state index is 0. The van der Waals surface area contributed by atoms with E-state index in [4.69, 9.17) is 0 Å². The van der Waals surface area contributed by atoms with Gasteiger partial charge in [-0.3, -0.25) is 0 Å². The van der Waals surface area contributed by atoms with Gasteiger partial charge in [-0.15, -0.1) is 0 Å². The van der Waals surface area contributed by atoms with Crippen molar-refractivity contribution in [3.63, 3.8) is 0 Å². The zero-order chi connectivity index (χ0) is 10.4. The van der Waals surface area contributed by atoms with Crippen molar-refractivity contribution in [3.05, 3.63) is 12.2 Å². The number of unbranched alkanes of at least 4 members (excludes halogenated alkanes) is 7. The molecule has 14 heavy (non-hydrogen) atoms. The molecule has 0 radical (unpaired) electrons. The maximum Gasteiger partial charge on any atom is 2.00 e. The summed E-state index contributed by atoms with van der Waals surface area (Å²) in [6.45, 7) is 6.08. The van der Waals surface area contributed by atoms with Gasteiger partial charge in [0.25, 0.3) is 0 Å². The van der Waals surface area contributed by atoms with Crippen molar-refractivity contribution < 1.29 is 19.5 Å². The van der Waals surface area contributed by atoms with E-state index in [9.17, 15) is 0 Å². The molecule has 0 saturated heterocycles. The molecule has 0 N–H and O–H groups in total. The van der Waals surface area contributed by atoms with E-state index in [1.807, 2.05) is 0 Å². The van der Waals surface area contributed by atoms with Crippen molar-refractivity contribution in [3.8, 4) is 0 Å². The van der Waals surface area contributed by atoms with Gasteiger partial charge in [-0.05, 0) is 0 Å². The Kier molecular flexibility index (Phi) is 33.5. The average Bonchev–Trinajstić information content (AvgIpc) is 2.13. The molecule has 0 fully saturated rings. The van der Waals surface area contributed by atoms with Gasteiger partial charge in [0.1, 0.15) is 0 Å². The largest absolute Gasteiger partial charge is 2.00 e. The molecule has 0 unspecified atom stereocenters. The molecule has 88 valence electrons. The van der Waals surface area contributed by atoms with Gasteiger partial charge in [-0.25, -0.2) is 0 Å². The Bertz CT molecular complexity index is 59.3. The predicted molar refractivity (Wildman–Crippen MR) is 63.2 cm³/mol. The van der Waals surface area contributed by atoms with E-state index in [-0.39, 0.29) is 19.5 Å². The summed E-state index contributed by atoms with van der Waals surface area (Å²) in [6.07, 6.45) is 10.9. The summed E-state index contributed by atoms with van der Waals surface area (Å²) in [6, 6.07) is 0. The minimum absolute atomic E-state index is 0. The van der Waals surface area contributed by atoms with E-state index in [0.717, 1.165) is 6.42 Å². The van der Waals surface area contributed by atoms with Crippen LogP contribution in [-0.4, -0.2) is 14.1 Å². The second-order valence-electron chi connectivity index (χ2n) is 3.42. The second kappa shape index (κ2) is 23.4. The van der Waals surface area contributed by atoms with Gasteiger partial charge in [0.2, 0.25) is 0 Å². The normalized spacial score (nSPS) is 8.57. The summed E-state index contributed by atoms with van der Waals surface area (Å²) in [5.41, 5.74) is 0. The van der Waals surface area contributed by atoms with Crippen molar-refractivity contribution in [1.82, 2.24) is 0 Å². The van der Waals surface area contributed by atoms with Crippen molar-refractivity contribution >= 4 is 0 Å². The molecule has 0 saturated carbocycles. The molecule has 0 bridgehead atoms. The Morgan fingerprint density at radius 3 is 1.57 bits per heavy atom. The Balaban J connectivity index is -0.000000267. The number of hydrogen-bond donors (Lipinski definition) is 0. The van der Waals surface area contributed by atoms with Gasteiger partial charge in [0.15, 0.2) is 0 Å². The molecule has 0 aliphatic heterocycles. The topological polar surface area (TPSA) is 14.1 Å². The molecule has 0 aromatic rings. The van der Waals surface area contributed by atoms with Crippen LogP contribution in [0.4, 0.5) is 0 Å². The summed E-state index contributed by atoms with van der Waals surface area (Å²) >= 11 is 0. The standard InChI is InChI=1S/C10H21.C2H6N.Ru/c1-3-5-7-9-10-8-6-4-2;1-3-2;/h1,3-10H2,2H3;1-2H3;/q2*-1;+2. The molecule has 2 heteroatoms. The van der Waals surface area contributed by atoms with Crippen LogP contribution in [0.15, 0.2) is 0 Å². The summed E-state index contributed by atoms with van der Waals surface area (Å²) in [5, 5.41) is 3.50. The summed E-state index contributed by atoms with van der Waals surface area (Å²) < 4.78 is 0. The van der Waals surface area contributed by atoms with Gasteiger partial charge in [-0.2, -0.15) is 20.5 Å². The van der Waals surface area contributed by atoms with E-state index in [1.54, 1.807) is 14.1 Å². The van der Waals surface area contributed by atoms with Crippen LogP contribution < -0.4 is 0 Å². The predicted octanol–water partition coefficient (Wildman–Crippen LogP) is 4.58. The van der Waals surface area contributed by atoms with Crippen molar-refractivity contribution in [2.45, 2.75) is 58.3 Å². The number of rotatable bonds is 7. The third-order valence-corrected chi connectivity index (χ3v) is 1.85. The maximum absolute atomic E-state index is 3.82. The fourth-order valence-corrected chi connectivity index (χ4v) is 1.13. The van der Waals surface area contributed by atoms with E-state index in [2.05, 4.69) is 19.2 Å². The molecular weight excluding hydrogens is 259 g/mol. The van der Waals surface area contributed by atoms with Crippen molar-refractivity contribution in [2.24, 2.45) is 0 Å². The van der Waals surface area contributed by atoms with Crippen LogP contribution in [0.5, 0.6) is 0 Å². The second-order valence-corrected chi connectivity index (χ2v) is 3.42. The van der Waals surface area contributed by atoms with E-state index in [1.165, 1.54) is 44.9 Å². The van der Waals surface area contributed by atoms with Crippen LogP contribution >= 0.6 is 0 Å². The van der Waals surface area contributed by atoms with Gasteiger partial charge in [0, 0.05) is 0 Å². The van der Waals surface area contributed by atoms with Crippen molar-refractivity contribution in [1.29, 1.82) is 0 Å². The van der Waals surface area contributed by atoms with Crippen LogP contribution in [0.3, 0.4) is 0 Å². The smallest absolute Gasteiger partial charge is 0.668 e. The van der Waals surface area contributed by atoms with E-state index in [0.29, 0.717) is 0 Å². The van der Waals surface area contributed by atoms with Crippen LogP contribution in [0.25, 0.3) is 5.32 Å². The zero-order valence-corrected chi connectivity index (χ0v) is 11.9. The monoisotopic (exact) mass is 287 g/mol. The molecular formula is C12H27NRu. The van der Waals surface area contributed by atoms with Gasteiger partial charge < -0.3 is 12.2 Å². The summed E-state index contributed by atoms with van der Waals surface area (Å²) in [5.74, 6) is 0. The molecule has 0 amide bonds.